The molecule has 0 aliphatic heterocycles. The molecule has 0 atom stereocenters. The number of aromatic nitrogens is 3. The number of hydrogen-bond acceptors (Lipinski definition) is 3. The molecule has 0 radical (unpaired) electrons. The number of para-hydroxylation sites is 1. The van der Waals surface area contributed by atoms with Crippen molar-refractivity contribution >= 4 is 43.2 Å². The topological polar surface area (TPSA) is 38.7 Å². The lowest BCUT2D eigenvalue weighted by Gasteiger charge is -2.13. The van der Waals surface area contributed by atoms with E-state index < -0.39 is 0 Å². The van der Waals surface area contributed by atoms with Gasteiger partial charge in [0.2, 0.25) is 0 Å². The summed E-state index contributed by atoms with van der Waals surface area (Å²) >= 11 is 0. The normalized spacial score (nSPS) is 11.5. The van der Waals surface area contributed by atoms with E-state index in [2.05, 4.69) is 77.8 Å². The van der Waals surface area contributed by atoms with Gasteiger partial charge in [-0.25, -0.2) is 4.98 Å². The summed E-state index contributed by atoms with van der Waals surface area (Å²) in [5.41, 5.74) is 4.68. The summed E-state index contributed by atoms with van der Waals surface area (Å²) in [7, 11) is 0. The summed E-state index contributed by atoms with van der Waals surface area (Å²) in [6.45, 7) is 0. The largest absolute Gasteiger partial charge is 0.254 e. The second-order valence-electron chi connectivity index (χ2n) is 8.50. The maximum Gasteiger partial charge on any atom is 0.0964 e. The van der Waals surface area contributed by atoms with E-state index in [9.17, 15) is 0 Å². The van der Waals surface area contributed by atoms with Crippen molar-refractivity contribution in [2.75, 3.05) is 0 Å². The molecule has 3 heterocycles. The summed E-state index contributed by atoms with van der Waals surface area (Å²) < 4.78 is 0. The average Bonchev–Trinajstić information content (AvgIpc) is 2.92. The van der Waals surface area contributed by atoms with E-state index >= 15 is 0 Å². The van der Waals surface area contributed by atoms with Crippen molar-refractivity contribution in [1.82, 2.24) is 15.0 Å². The average molecular weight is 434 g/mol. The van der Waals surface area contributed by atoms with Gasteiger partial charge in [-0.1, -0.05) is 78.9 Å². The van der Waals surface area contributed by atoms with Crippen LogP contribution in [0.25, 0.3) is 65.9 Å². The molecule has 0 amide bonds. The van der Waals surface area contributed by atoms with Crippen molar-refractivity contribution in [2.45, 2.75) is 0 Å². The molecule has 0 spiro atoms. The molecule has 0 fully saturated rings. The standard InChI is InChI=1S/C31H19N3/c1-3-9-23-20(7-1)13-15-26-29(23)25-11-5-6-12-27(25)34-30(26)22-14-16-28(33-19-22)31-24-10-4-2-8-21(24)17-18-32-31/h1-19H. The molecule has 3 aromatic heterocycles. The minimum atomic E-state index is 0.857. The summed E-state index contributed by atoms with van der Waals surface area (Å²) in [4.78, 5) is 14.5. The lowest BCUT2D eigenvalue weighted by molar-refractivity contribution is 1.26. The molecule has 4 aromatic carbocycles. The maximum atomic E-state index is 5.08. The number of hydrogen-bond donors (Lipinski definition) is 0. The third kappa shape index (κ3) is 2.87. The van der Waals surface area contributed by atoms with Crippen molar-refractivity contribution < 1.29 is 0 Å². The van der Waals surface area contributed by atoms with E-state index in [0.29, 0.717) is 0 Å². The first-order valence-electron chi connectivity index (χ1n) is 11.4. The highest BCUT2D eigenvalue weighted by Gasteiger charge is 2.14. The van der Waals surface area contributed by atoms with Gasteiger partial charge >= 0.3 is 0 Å². The predicted octanol–water partition coefficient (Wildman–Crippen LogP) is 7.82. The molecule has 0 unspecified atom stereocenters. The van der Waals surface area contributed by atoms with E-state index in [-0.39, 0.29) is 0 Å². The fourth-order valence-corrected chi connectivity index (χ4v) is 4.94. The van der Waals surface area contributed by atoms with Gasteiger partial charge in [-0.2, -0.15) is 0 Å². The smallest absolute Gasteiger partial charge is 0.0964 e. The molecule has 0 N–H and O–H groups in total. The predicted molar refractivity (Wildman–Crippen MR) is 141 cm³/mol. The zero-order chi connectivity index (χ0) is 22.5. The minimum Gasteiger partial charge on any atom is -0.254 e. The van der Waals surface area contributed by atoms with Gasteiger partial charge in [0.15, 0.2) is 0 Å². The lowest BCUT2D eigenvalue weighted by Crippen LogP contribution is -1.93. The van der Waals surface area contributed by atoms with Gasteiger partial charge in [0, 0.05) is 39.5 Å². The molecule has 0 saturated carbocycles. The van der Waals surface area contributed by atoms with Crippen LogP contribution in [0.5, 0.6) is 0 Å². The molecular weight excluding hydrogens is 414 g/mol. The third-order valence-corrected chi connectivity index (χ3v) is 6.54. The zero-order valence-corrected chi connectivity index (χ0v) is 18.3. The Morgan fingerprint density at radius 1 is 0.471 bits per heavy atom. The van der Waals surface area contributed by atoms with Crippen molar-refractivity contribution in [3.05, 3.63) is 116 Å². The van der Waals surface area contributed by atoms with Crippen molar-refractivity contribution in [2.24, 2.45) is 0 Å². The number of pyridine rings is 3. The van der Waals surface area contributed by atoms with Gasteiger partial charge in [0.1, 0.15) is 0 Å². The van der Waals surface area contributed by atoms with E-state index in [4.69, 9.17) is 9.97 Å². The highest BCUT2D eigenvalue weighted by atomic mass is 14.8. The highest BCUT2D eigenvalue weighted by Crippen LogP contribution is 2.37. The molecule has 34 heavy (non-hydrogen) atoms. The minimum absolute atomic E-state index is 0.857. The monoisotopic (exact) mass is 433 g/mol. The first-order chi connectivity index (χ1) is 16.9. The first-order valence-corrected chi connectivity index (χ1v) is 11.4. The lowest BCUT2D eigenvalue weighted by atomic mass is 9.95. The molecule has 0 saturated heterocycles. The van der Waals surface area contributed by atoms with Crippen LogP contribution in [-0.4, -0.2) is 15.0 Å². The fourth-order valence-electron chi connectivity index (χ4n) is 4.94. The Balaban J connectivity index is 1.46. The molecule has 0 bridgehead atoms. The Hall–Kier alpha value is -4.63. The summed E-state index contributed by atoms with van der Waals surface area (Å²) in [6.07, 6.45) is 3.77. The SMILES string of the molecule is c1ccc2c(-c3ccc(-c4nc5ccccc5c5c4ccc4ccccc45)cn3)nccc2c1. The van der Waals surface area contributed by atoms with E-state index in [1.165, 1.54) is 21.5 Å². The molecule has 7 aromatic rings. The van der Waals surface area contributed by atoms with Gasteiger partial charge in [-0.15, -0.1) is 0 Å². The molecular formula is C31H19N3. The van der Waals surface area contributed by atoms with Gasteiger partial charge in [-0.05, 0) is 40.4 Å². The van der Waals surface area contributed by atoms with Crippen LogP contribution in [0.2, 0.25) is 0 Å². The maximum absolute atomic E-state index is 5.08. The van der Waals surface area contributed by atoms with Crippen LogP contribution in [0.3, 0.4) is 0 Å². The molecule has 3 heteroatoms. The highest BCUT2D eigenvalue weighted by molar-refractivity contribution is 6.22. The Labute approximate surface area is 196 Å². The number of benzene rings is 4. The summed E-state index contributed by atoms with van der Waals surface area (Å²) in [5, 5.41) is 8.27. The van der Waals surface area contributed by atoms with E-state index in [1.54, 1.807) is 0 Å². The quantitative estimate of drug-likeness (QED) is 0.261. The Morgan fingerprint density at radius 3 is 2.03 bits per heavy atom. The van der Waals surface area contributed by atoms with Crippen LogP contribution in [-0.2, 0) is 0 Å². The second kappa shape index (κ2) is 7.46. The summed E-state index contributed by atoms with van der Waals surface area (Å²) in [6, 6.07) is 35.8. The number of rotatable bonds is 2. The molecule has 7 rings (SSSR count). The van der Waals surface area contributed by atoms with Crippen molar-refractivity contribution in [1.29, 1.82) is 0 Å². The molecule has 158 valence electrons. The van der Waals surface area contributed by atoms with Crippen LogP contribution < -0.4 is 0 Å². The third-order valence-electron chi connectivity index (χ3n) is 6.54. The Bertz CT molecular complexity index is 1830. The first kappa shape index (κ1) is 18.9. The van der Waals surface area contributed by atoms with Crippen LogP contribution in [0.1, 0.15) is 0 Å². The zero-order valence-electron chi connectivity index (χ0n) is 18.3. The fraction of sp³-hybridized carbons (Fsp3) is 0. The van der Waals surface area contributed by atoms with Gasteiger partial charge in [-0.3, -0.25) is 9.97 Å². The van der Waals surface area contributed by atoms with Crippen LogP contribution in [0.15, 0.2) is 116 Å². The summed E-state index contributed by atoms with van der Waals surface area (Å²) in [5.74, 6) is 0. The molecule has 3 nitrogen and oxygen atoms in total. The molecule has 0 aliphatic rings. The van der Waals surface area contributed by atoms with Gasteiger partial charge < -0.3 is 0 Å². The Kier molecular flexibility index (Phi) is 4.15. The van der Waals surface area contributed by atoms with Crippen LogP contribution >= 0.6 is 0 Å². The van der Waals surface area contributed by atoms with Crippen LogP contribution in [0.4, 0.5) is 0 Å². The Morgan fingerprint density at radius 2 is 1.21 bits per heavy atom. The van der Waals surface area contributed by atoms with Gasteiger partial charge in [0.25, 0.3) is 0 Å². The van der Waals surface area contributed by atoms with Crippen molar-refractivity contribution in [3.63, 3.8) is 0 Å². The molecule has 0 aliphatic carbocycles. The number of nitrogens with zero attached hydrogens (tertiary/aromatic N) is 3. The van der Waals surface area contributed by atoms with E-state index in [1.807, 2.05) is 42.7 Å². The second-order valence-corrected chi connectivity index (χ2v) is 8.50. The van der Waals surface area contributed by atoms with Crippen molar-refractivity contribution in [3.8, 4) is 22.6 Å². The van der Waals surface area contributed by atoms with E-state index in [0.717, 1.165) is 44.3 Å². The number of fused-ring (bicyclic) bond motifs is 6. The van der Waals surface area contributed by atoms with Crippen LogP contribution in [0, 0.1) is 0 Å². The van der Waals surface area contributed by atoms with Gasteiger partial charge in [0.05, 0.1) is 22.6 Å².